The molecule has 0 aliphatic carbocycles. The first-order valence-corrected chi connectivity index (χ1v) is 14.6. The van der Waals surface area contributed by atoms with Crippen LogP contribution in [0, 0.1) is 0 Å². The van der Waals surface area contributed by atoms with E-state index < -0.39 is 67.9 Å². The lowest BCUT2D eigenvalue weighted by Crippen LogP contribution is -2.49. The minimum absolute atomic E-state index is 0.0375. The van der Waals surface area contributed by atoms with E-state index in [1.807, 2.05) is 4.98 Å². The number of H-pyrrole nitrogens is 1. The third kappa shape index (κ3) is 6.93. The summed E-state index contributed by atoms with van der Waals surface area (Å²) in [6.45, 7) is 2.05. The Labute approximate surface area is 243 Å². The van der Waals surface area contributed by atoms with Crippen molar-refractivity contribution in [1.82, 2.24) is 9.55 Å². The number of carbonyl (C=O) groups is 2. The molecule has 2 aromatic rings. The fourth-order valence-corrected chi connectivity index (χ4v) is 5.92. The number of hydrogen-bond donors (Lipinski definition) is 1. The van der Waals surface area contributed by atoms with E-state index in [9.17, 15) is 29.3 Å². The second kappa shape index (κ2) is 13.2. The molecule has 0 saturated carbocycles. The van der Waals surface area contributed by atoms with Crippen LogP contribution < -0.4 is 11.2 Å². The maximum absolute atomic E-state index is 13.6. The van der Waals surface area contributed by atoms with E-state index in [1.54, 1.807) is 24.3 Å². The lowest BCUT2D eigenvalue weighted by atomic mass is 10.0. The predicted octanol–water partition coefficient (Wildman–Crippen LogP) is 3.67. The number of rotatable bonds is 10. The Bertz CT molecular complexity index is 1540. The van der Waals surface area contributed by atoms with Gasteiger partial charge in [0.15, 0.2) is 18.4 Å². The molecule has 6 atom stereocenters. The molecule has 18 heteroatoms. The molecule has 2 aliphatic rings. The molecule has 0 radical (unpaired) electrons. The minimum Gasteiger partial charge on any atom is -0.455 e. The highest BCUT2D eigenvalue weighted by molar-refractivity contribution is 7.48. The Kier molecular flexibility index (Phi) is 9.89. The summed E-state index contributed by atoms with van der Waals surface area (Å²) >= 11 is 6.08. The maximum atomic E-state index is 13.6. The van der Waals surface area contributed by atoms with Crippen molar-refractivity contribution in [3.05, 3.63) is 78.4 Å². The third-order valence-electron chi connectivity index (χ3n) is 6.33. The normalized spacial score (nSPS) is 28.9. The molecule has 4 rings (SSSR count). The van der Waals surface area contributed by atoms with Gasteiger partial charge in [0.1, 0.15) is 0 Å². The van der Waals surface area contributed by atoms with Gasteiger partial charge >= 0.3 is 25.5 Å². The van der Waals surface area contributed by atoms with Crippen LogP contribution in [0.15, 0.2) is 51.2 Å². The SMILES string of the molecule is CCC(=O)OC1C(n2ccc(=O)[nH]c2=O)O[C@@](COP2(=O)OCCC(c3cccc(Cl)c3)O2)(N=[N+]=[N-])C1OC(=O)CC. The standard InChI is InChI=1S/C24H27ClN5O11P/c1-3-18(32)38-20-21(39-19(33)4-2)24(28-29-26,40-22(20)30-10-8-17(31)27-23(30)34)13-37-42(35)36-11-9-16(41-42)14-6-5-7-15(25)12-14/h5-8,10,12,16,20-22H,3-4,9,11,13H2,1-2H3,(H,27,31,34)/t16?,20?,21?,22?,24-,42?/m1/s1. The number of nitrogens with one attached hydrogen (secondary N) is 1. The first kappa shape index (κ1) is 31.4. The van der Waals surface area contributed by atoms with Crippen molar-refractivity contribution in [1.29, 1.82) is 0 Å². The van der Waals surface area contributed by atoms with Gasteiger partial charge in [0.05, 0.1) is 19.3 Å². The number of nitrogens with zero attached hydrogens (tertiary/aromatic N) is 4. The first-order valence-electron chi connectivity index (χ1n) is 12.8. The van der Waals surface area contributed by atoms with E-state index in [0.29, 0.717) is 17.0 Å². The molecule has 5 unspecified atom stereocenters. The van der Waals surface area contributed by atoms with Crippen LogP contribution >= 0.6 is 19.4 Å². The number of azide groups is 1. The highest BCUT2D eigenvalue weighted by Crippen LogP contribution is 2.58. The van der Waals surface area contributed by atoms with Gasteiger partial charge in [-0.2, -0.15) is 0 Å². The second-order valence-electron chi connectivity index (χ2n) is 9.12. The number of carbonyl (C=O) groups excluding carboxylic acids is 2. The Balaban J connectivity index is 1.72. The van der Waals surface area contributed by atoms with Gasteiger partial charge in [-0.1, -0.05) is 42.7 Å². The second-order valence-corrected chi connectivity index (χ2v) is 11.2. The van der Waals surface area contributed by atoms with Crippen molar-refractivity contribution in [2.75, 3.05) is 13.2 Å². The van der Waals surface area contributed by atoms with Gasteiger partial charge in [-0.25, -0.2) is 9.36 Å². The van der Waals surface area contributed by atoms with Crippen LogP contribution in [0.2, 0.25) is 5.02 Å². The maximum Gasteiger partial charge on any atom is 0.475 e. The largest absolute Gasteiger partial charge is 0.475 e. The Morgan fingerprint density at radius 2 is 1.98 bits per heavy atom. The number of phosphoric ester groups is 1. The summed E-state index contributed by atoms with van der Waals surface area (Å²) in [6.07, 6.45) is -4.52. The zero-order chi connectivity index (χ0) is 30.5. The topological polar surface area (TPSA) is 210 Å². The smallest absolute Gasteiger partial charge is 0.455 e. The fraction of sp³-hybridized carbons (Fsp3) is 0.500. The molecule has 226 valence electrons. The first-order chi connectivity index (χ1) is 20.0. The molecule has 2 aliphatic heterocycles. The molecule has 3 heterocycles. The van der Waals surface area contributed by atoms with Crippen molar-refractivity contribution in [3.63, 3.8) is 0 Å². The van der Waals surface area contributed by atoms with Crippen LogP contribution in [0.5, 0.6) is 0 Å². The summed E-state index contributed by atoms with van der Waals surface area (Å²) in [5.74, 6) is -1.59. The zero-order valence-corrected chi connectivity index (χ0v) is 24.1. The van der Waals surface area contributed by atoms with Crippen LogP contribution in [0.25, 0.3) is 10.4 Å². The van der Waals surface area contributed by atoms with E-state index in [-0.39, 0.29) is 19.4 Å². The van der Waals surface area contributed by atoms with Crippen LogP contribution in [0.3, 0.4) is 0 Å². The van der Waals surface area contributed by atoms with E-state index in [2.05, 4.69) is 10.0 Å². The molecule has 1 aromatic heterocycles. The number of aromatic nitrogens is 2. The average molecular weight is 628 g/mol. The summed E-state index contributed by atoms with van der Waals surface area (Å²) in [5, 5.41) is 4.09. The van der Waals surface area contributed by atoms with E-state index in [1.165, 1.54) is 13.8 Å². The molecular formula is C24H27ClN5O11P. The van der Waals surface area contributed by atoms with Gasteiger partial charge in [0.2, 0.25) is 5.72 Å². The predicted molar refractivity (Wildman–Crippen MR) is 143 cm³/mol. The van der Waals surface area contributed by atoms with Crippen molar-refractivity contribution in [2.45, 2.75) is 63.4 Å². The molecule has 1 aromatic carbocycles. The van der Waals surface area contributed by atoms with Crippen molar-refractivity contribution in [3.8, 4) is 0 Å². The number of halogens is 1. The number of benzene rings is 1. The zero-order valence-electron chi connectivity index (χ0n) is 22.4. The van der Waals surface area contributed by atoms with Gasteiger partial charge in [0, 0.05) is 41.5 Å². The lowest BCUT2D eigenvalue weighted by molar-refractivity contribution is -0.173. The monoisotopic (exact) mass is 627 g/mol. The van der Waals surface area contributed by atoms with Crippen LogP contribution in [0.1, 0.15) is 51.0 Å². The quantitative estimate of drug-likeness (QED) is 0.132. The number of esters is 2. The Hall–Kier alpha value is -3.49. The summed E-state index contributed by atoms with van der Waals surface area (Å²) in [5.41, 5.74) is 6.05. The van der Waals surface area contributed by atoms with Gasteiger partial charge < -0.3 is 14.2 Å². The summed E-state index contributed by atoms with van der Waals surface area (Å²) in [7, 11) is -4.37. The Morgan fingerprint density at radius 1 is 1.24 bits per heavy atom. The number of hydrogen-bond acceptors (Lipinski definition) is 12. The number of phosphoric acid groups is 1. The molecule has 0 bridgehead atoms. The van der Waals surface area contributed by atoms with E-state index in [0.717, 1.165) is 16.8 Å². The van der Waals surface area contributed by atoms with Crippen LogP contribution in [0.4, 0.5) is 0 Å². The number of aromatic amines is 1. The van der Waals surface area contributed by atoms with Gasteiger partial charge in [-0.05, 0) is 23.2 Å². The molecule has 16 nitrogen and oxygen atoms in total. The molecule has 0 amide bonds. The fourth-order valence-electron chi connectivity index (χ4n) is 4.32. The summed E-state index contributed by atoms with van der Waals surface area (Å²) in [4.78, 5) is 54.1. The van der Waals surface area contributed by atoms with Gasteiger partial charge in [-0.15, -0.1) is 0 Å². The van der Waals surface area contributed by atoms with Crippen molar-refractivity contribution in [2.24, 2.45) is 5.11 Å². The van der Waals surface area contributed by atoms with E-state index in [4.69, 9.17) is 39.4 Å². The van der Waals surface area contributed by atoms with Crippen LogP contribution in [-0.2, 0) is 41.9 Å². The lowest BCUT2D eigenvalue weighted by Gasteiger charge is -2.33. The summed E-state index contributed by atoms with van der Waals surface area (Å²) in [6, 6.07) is 7.69. The molecule has 42 heavy (non-hydrogen) atoms. The van der Waals surface area contributed by atoms with Crippen LogP contribution in [-0.4, -0.2) is 52.6 Å². The molecular weight excluding hydrogens is 601 g/mol. The highest BCUT2D eigenvalue weighted by Gasteiger charge is 2.61. The Morgan fingerprint density at radius 3 is 2.64 bits per heavy atom. The van der Waals surface area contributed by atoms with Crippen molar-refractivity contribution < 1.29 is 41.9 Å². The highest BCUT2D eigenvalue weighted by atomic mass is 35.5. The van der Waals surface area contributed by atoms with Gasteiger partial charge in [-0.3, -0.25) is 37.5 Å². The van der Waals surface area contributed by atoms with Gasteiger partial charge in [0.25, 0.3) is 5.56 Å². The average Bonchev–Trinajstić information content (AvgIpc) is 3.24. The molecule has 1 N–H and O–H groups in total. The van der Waals surface area contributed by atoms with Crippen molar-refractivity contribution >= 4 is 31.4 Å². The minimum atomic E-state index is -4.37. The number of ether oxygens (including phenoxy) is 3. The van der Waals surface area contributed by atoms with E-state index >= 15 is 0 Å². The third-order valence-corrected chi connectivity index (χ3v) is 8.02. The summed E-state index contributed by atoms with van der Waals surface area (Å²) < 4.78 is 47.9. The molecule has 2 saturated heterocycles. The molecule has 0 spiro atoms. The molecule has 2 fully saturated rings.